The van der Waals surface area contributed by atoms with Gasteiger partial charge >= 0.3 is 0 Å². The van der Waals surface area contributed by atoms with E-state index in [4.69, 9.17) is 0 Å². The Hall–Kier alpha value is -4.99. The predicted molar refractivity (Wildman–Crippen MR) is 232 cm³/mol. The third kappa shape index (κ3) is 10.7. The van der Waals surface area contributed by atoms with E-state index in [0.717, 1.165) is 12.1 Å². The van der Waals surface area contributed by atoms with Crippen molar-refractivity contribution >= 4 is 124 Å². The molecule has 0 amide bonds. The van der Waals surface area contributed by atoms with E-state index in [0.29, 0.717) is 22.8 Å². The minimum absolute atomic E-state index is 0. The van der Waals surface area contributed by atoms with Crippen LogP contribution in [0.1, 0.15) is 11.4 Å². The number of hydrogen-bond acceptors (Lipinski definition) is 13. The fourth-order valence-corrected chi connectivity index (χ4v) is 7.68. The summed E-state index contributed by atoms with van der Waals surface area (Å²) in [7, 11) is -9.13. The molecular formula is C40H32CrN8Na2O10S2. The van der Waals surface area contributed by atoms with Crippen molar-refractivity contribution in [3.63, 3.8) is 0 Å². The summed E-state index contributed by atoms with van der Waals surface area (Å²) in [6.45, 7) is 3.31. The minimum Gasteiger partial charge on any atom is -0.506 e. The molecule has 23 heteroatoms. The first-order chi connectivity index (χ1) is 28.5. The number of azo groups is 2. The zero-order valence-corrected chi connectivity index (χ0v) is 40.6. The molecule has 2 radical (unpaired) electrons. The van der Waals surface area contributed by atoms with Crippen LogP contribution in [0.5, 0.6) is 17.4 Å². The molecule has 0 unspecified atom stereocenters. The minimum atomic E-state index is -4.57. The number of aromatic amines is 1. The molecule has 8 rings (SSSR count). The van der Waals surface area contributed by atoms with E-state index in [9.17, 15) is 46.1 Å². The van der Waals surface area contributed by atoms with Gasteiger partial charge in [0.2, 0.25) is 5.88 Å². The Labute approximate surface area is 413 Å². The molecule has 6 aromatic carbocycles. The Bertz CT molecular complexity index is 3310. The van der Waals surface area contributed by atoms with Crippen molar-refractivity contribution in [1.29, 1.82) is 0 Å². The van der Waals surface area contributed by atoms with Gasteiger partial charge in [-0.05, 0) is 38.1 Å². The Kier molecular flexibility index (Phi) is 16.6. The Morgan fingerprint density at radius 2 is 0.937 bits per heavy atom. The van der Waals surface area contributed by atoms with Crippen LogP contribution >= 0.6 is 0 Å². The molecule has 0 fully saturated rings. The summed E-state index contributed by atoms with van der Waals surface area (Å²) in [4.78, 5) is 11.9. The predicted octanol–water partition coefficient (Wildman–Crippen LogP) is 7.64. The van der Waals surface area contributed by atoms with Crippen molar-refractivity contribution < 1.29 is 58.6 Å². The van der Waals surface area contributed by atoms with Crippen LogP contribution < -0.4 is 5.56 Å². The summed E-state index contributed by atoms with van der Waals surface area (Å²) < 4.78 is 68.2. The normalized spacial score (nSPS) is 11.5. The number of aryl methyl sites for hydroxylation is 2. The molecule has 8 aromatic rings. The van der Waals surface area contributed by atoms with Gasteiger partial charge in [0.25, 0.3) is 25.8 Å². The van der Waals surface area contributed by atoms with Crippen molar-refractivity contribution in [3.05, 3.63) is 143 Å². The van der Waals surface area contributed by atoms with Crippen molar-refractivity contribution in [2.75, 3.05) is 0 Å². The first-order valence-corrected chi connectivity index (χ1v) is 20.4. The Morgan fingerprint density at radius 1 is 0.556 bits per heavy atom. The summed E-state index contributed by atoms with van der Waals surface area (Å²) in [5.41, 5.74) is 1.80. The zero-order chi connectivity index (χ0) is 42.9. The monoisotopic (exact) mass is 946 g/mol. The third-order valence-corrected chi connectivity index (χ3v) is 10.8. The molecule has 6 N–H and O–H groups in total. The second-order valence-corrected chi connectivity index (χ2v) is 15.8. The average Bonchev–Trinajstić information content (AvgIpc) is 3.68. The van der Waals surface area contributed by atoms with E-state index in [2.05, 4.69) is 30.7 Å². The molecule has 0 saturated heterocycles. The topological polar surface area (TPSA) is 274 Å². The number of rotatable bonds is 8. The molecule has 0 aliphatic heterocycles. The number of H-pyrrole nitrogens is 1. The van der Waals surface area contributed by atoms with Crippen LogP contribution in [0.4, 0.5) is 22.7 Å². The van der Waals surface area contributed by atoms with Gasteiger partial charge in [0.15, 0.2) is 11.4 Å². The van der Waals surface area contributed by atoms with Crippen molar-refractivity contribution in [2.45, 2.75) is 23.6 Å². The quantitative estimate of drug-likeness (QED) is 0.0489. The van der Waals surface area contributed by atoms with E-state index >= 15 is 0 Å². The molecule has 0 bridgehead atoms. The number of hydrogen-bond donors (Lipinski definition) is 6. The van der Waals surface area contributed by atoms with Gasteiger partial charge in [-0.2, -0.15) is 26.6 Å². The number of nitrogens with one attached hydrogen (secondary N) is 1. The maximum Gasteiger partial charge on any atom is 0.299 e. The summed E-state index contributed by atoms with van der Waals surface area (Å²) in [5.74, 6) is -1.22. The maximum atomic E-state index is 12.7. The standard InChI is InChI=1S/2C20H16N4O5S.Cr.2Na/c2*1-12-18(20(26)24(23-12)13-7-3-2-4-8-13)21-22-19-15-10-6-5-9-14(15)17(11-16(19)25)30(27,28)29;;;/h2-11,25-26H,1H3,(H,27,28,29);2-11,23,25H,1H3,(H,27,28,29);;;. The number of phenols is 2. The second kappa shape index (κ2) is 20.7. The maximum absolute atomic E-state index is 12.7. The first-order valence-electron chi connectivity index (χ1n) is 17.5. The molecule has 312 valence electrons. The summed E-state index contributed by atoms with van der Waals surface area (Å²) in [6, 6.07) is 32.2. The molecule has 0 aliphatic rings. The largest absolute Gasteiger partial charge is 0.506 e. The van der Waals surface area contributed by atoms with Gasteiger partial charge in [0.05, 0.1) is 22.8 Å². The summed E-state index contributed by atoms with van der Waals surface area (Å²) in [6.07, 6.45) is 0. The number of aromatic hydroxyl groups is 3. The van der Waals surface area contributed by atoms with Crippen LogP contribution in [-0.2, 0) is 37.6 Å². The number of fused-ring (bicyclic) bond motifs is 2. The fraction of sp³-hybridized carbons (Fsp3) is 0.0500. The molecule has 63 heavy (non-hydrogen) atoms. The number of phenolic OH excluding ortho intramolecular Hbond substituents is 2. The van der Waals surface area contributed by atoms with E-state index < -0.39 is 47.1 Å². The van der Waals surface area contributed by atoms with E-state index in [1.54, 1.807) is 86.6 Å². The van der Waals surface area contributed by atoms with Gasteiger partial charge < -0.3 is 15.3 Å². The van der Waals surface area contributed by atoms with Gasteiger partial charge in [0, 0.05) is 110 Å². The molecule has 0 atom stereocenters. The smallest absolute Gasteiger partial charge is 0.299 e. The third-order valence-electron chi connectivity index (χ3n) is 9.03. The van der Waals surface area contributed by atoms with Crippen LogP contribution in [0, 0.1) is 13.8 Å². The van der Waals surface area contributed by atoms with Crippen molar-refractivity contribution in [2.24, 2.45) is 20.5 Å². The molecular weight excluding hydrogens is 915 g/mol. The van der Waals surface area contributed by atoms with Crippen LogP contribution in [0.15, 0.2) is 156 Å². The molecule has 2 aromatic heterocycles. The summed E-state index contributed by atoms with van der Waals surface area (Å²) in [5, 5.41) is 55.4. The molecule has 0 saturated carbocycles. The number of nitrogens with zero attached hydrogens (tertiary/aromatic N) is 7. The molecule has 0 spiro atoms. The SMILES string of the molecule is Cc1[nH]n(-c2ccccc2)c(=O)c1N=Nc1c(O)cc(S(=O)(=O)O)c2ccccc12.Cc1nn(-c2ccccc2)c(O)c1N=Nc1c(O)cc(S(=O)(=O)O)c2ccccc12.[Cr].[Na].[Na]. The van der Waals surface area contributed by atoms with Crippen molar-refractivity contribution in [3.8, 4) is 28.8 Å². The number of aromatic nitrogens is 4. The molecule has 0 aliphatic carbocycles. The number of benzene rings is 6. The van der Waals surface area contributed by atoms with Gasteiger partial charge in [-0.25, -0.2) is 4.68 Å². The fourth-order valence-electron chi connectivity index (χ4n) is 6.25. The van der Waals surface area contributed by atoms with Gasteiger partial charge in [-0.15, -0.1) is 20.5 Å². The summed E-state index contributed by atoms with van der Waals surface area (Å²) >= 11 is 0. The zero-order valence-electron chi connectivity index (χ0n) is 33.7. The molecule has 2 heterocycles. The van der Waals surface area contributed by atoms with E-state index in [1.807, 2.05) is 12.1 Å². The van der Waals surface area contributed by atoms with Crippen LogP contribution in [0.2, 0.25) is 0 Å². The van der Waals surface area contributed by atoms with Gasteiger partial charge in [-0.1, -0.05) is 84.9 Å². The van der Waals surface area contributed by atoms with Crippen LogP contribution in [-0.4, -0.2) is 120 Å². The number of para-hydroxylation sites is 2. The van der Waals surface area contributed by atoms with Gasteiger partial charge in [0.1, 0.15) is 32.7 Å². The van der Waals surface area contributed by atoms with Crippen molar-refractivity contribution in [1.82, 2.24) is 19.6 Å². The Morgan fingerprint density at radius 3 is 1.38 bits per heavy atom. The van der Waals surface area contributed by atoms with Crippen LogP contribution in [0.3, 0.4) is 0 Å². The second-order valence-electron chi connectivity index (χ2n) is 13.0. The van der Waals surface area contributed by atoms with Crippen LogP contribution in [0.25, 0.3) is 32.9 Å². The molecule has 18 nitrogen and oxygen atoms in total. The average molecular weight is 947 g/mol. The van der Waals surface area contributed by atoms with Gasteiger partial charge in [-0.3, -0.25) is 19.0 Å². The first kappa shape index (κ1) is 50.7. The van der Waals surface area contributed by atoms with E-state index in [1.165, 1.54) is 33.6 Å². The van der Waals surface area contributed by atoms with E-state index in [-0.39, 0.29) is 127 Å². The Balaban J connectivity index is 0.000000264.